The summed E-state index contributed by atoms with van der Waals surface area (Å²) in [6.45, 7) is 5.85. The van der Waals surface area contributed by atoms with Crippen LogP contribution in [0.2, 0.25) is 0 Å². The smallest absolute Gasteiger partial charge is 0.416 e. The molecule has 48 heavy (non-hydrogen) atoms. The molecule has 4 aromatic rings. The summed E-state index contributed by atoms with van der Waals surface area (Å²) in [7, 11) is 0. The van der Waals surface area contributed by atoms with Crippen LogP contribution in [-0.2, 0) is 35.3 Å². The first-order chi connectivity index (χ1) is 23.2. The highest BCUT2D eigenvalue weighted by atomic mass is 19.4. The third kappa shape index (κ3) is 9.58. The Kier molecular flexibility index (Phi) is 11.7. The minimum atomic E-state index is -4.45. The highest BCUT2D eigenvalue weighted by Gasteiger charge is 2.34. The number of hydrogen-bond donors (Lipinski definition) is 0. The Hall–Kier alpha value is -4.89. The number of nitrogens with zero attached hydrogens (tertiary/aromatic N) is 3. The molecule has 0 saturated carbocycles. The maximum atomic E-state index is 14.4. The van der Waals surface area contributed by atoms with Gasteiger partial charge < -0.3 is 14.5 Å². The quantitative estimate of drug-likeness (QED) is 0.153. The zero-order chi connectivity index (χ0) is 33.9. The molecular formula is C39H40F3N3O3. The first-order valence-electron chi connectivity index (χ1n) is 16.2. The Balaban J connectivity index is 1.41. The number of rotatable bonds is 12. The molecule has 0 bridgehead atoms. The molecule has 250 valence electrons. The second-order valence-electron chi connectivity index (χ2n) is 11.8. The van der Waals surface area contributed by atoms with Gasteiger partial charge >= 0.3 is 6.18 Å². The average molecular weight is 656 g/mol. The molecule has 4 aromatic carbocycles. The molecule has 0 unspecified atom stereocenters. The van der Waals surface area contributed by atoms with Crippen molar-refractivity contribution in [1.29, 1.82) is 0 Å². The van der Waals surface area contributed by atoms with E-state index in [2.05, 4.69) is 17.0 Å². The number of piperazine rings is 1. The van der Waals surface area contributed by atoms with Gasteiger partial charge in [0.25, 0.3) is 0 Å². The Morgan fingerprint density at radius 3 is 1.98 bits per heavy atom. The molecule has 9 heteroatoms. The number of alkyl halides is 3. The first-order valence-corrected chi connectivity index (χ1v) is 16.2. The summed E-state index contributed by atoms with van der Waals surface area (Å²) in [6, 6.07) is 31.0. The van der Waals surface area contributed by atoms with Crippen molar-refractivity contribution in [3.05, 3.63) is 143 Å². The third-order valence-electron chi connectivity index (χ3n) is 8.39. The van der Waals surface area contributed by atoms with Crippen LogP contribution in [0.3, 0.4) is 0 Å². The molecule has 2 amide bonds. The fourth-order valence-corrected chi connectivity index (χ4v) is 5.79. The van der Waals surface area contributed by atoms with Gasteiger partial charge in [-0.1, -0.05) is 84.9 Å². The molecule has 1 aliphatic heterocycles. The predicted molar refractivity (Wildman–Crippen MR) is 181 cm³/mol. The lowest BCUT2D eigenvalue weighted by atomic mass is 10.0. The third-order valence-corrected chi connectivity index (χ3v) is 8.39. The van der Waals surface area contributed by atoms with Gasteiger partial charge in [-0.05, 0) is 59.5 Å². The van der Waals surface area contributed by atoms with Gasteiger partial charge in [0.05, 0.1) is 12.2 Å². The predicted octanol–water partition coefficient (Wildman–Crippen LogP) is 7.10. The highest BCUT2D eigenvalue weighted by Crippen LogP contribution is 2.29. The molecule has 1 fully saturated rings. The van der Waals surface area contributed by atoms with Gasteiger partial charge in [0.15, 0.2) is 0 Å². The van der Waals surface area contributed by atoms with Crippen molar-refractivity contribution in [2.45, 2.75) is 38.7 Å². The van der Waals surface area contributed by atoms with Crippen LogP contribution in [-0.4, -0.2) is 65.3 Å². The van der Waals surface area contributed by atoms with Crippen LogP contribution in [0.15, 0.2) is 115 Å². The van der Waals surface area contributed by atoms with Crippen LogP contribution in [0.25, 0.3) is 6.08 Å². The SMILES string of the molecule is CCOc1ccc(CN(C(=O)/C=C/c2ccc(C(F)(F)F)cc2)[C@@H](Cc2ccccc2)C(=O)N2CCN(Cc3ccccc3)CC2)cc1. The minimum Gasteiger partial charge on any atom is -0.494 e. The summed E-state index contributed by atoms with van der Waals surface area (Å²) in [5.41, 5.74) is 2.62. The number of carbonyl (C=O) groups excluding carboxylic acids is 2. The molecule has 0 aliphatic carbocycles. The zero-order valence-corrected chi connectivity index (χ0v) is 27.0. The van der Waals surface area contributed by atoms with Gasteiger partial charge in [0, 0.05) is 51.8 Å². The largest absolute Gasteiger partial charge is 0.494 e. The molecular weight excluding hydrogens is 615 g/mol. The van der Waals surface area contributed by atoms with Crippen molar-refractivity contribution in [2.75, 3.05) is 32.8 Å². The summed E-state index contributed by atoms with van der Waals surface area (Å²) in [5, 5.41) is 0. The van der Waals surface area contributed by atoms with Gasteiger partial charge in [-0.15, -0.1) is 0 Å². The van der Waals surface area contributed by atoms with Crippen molar-refractivity contribution in [1.82, 2.24) is 14.7 Å². The molecule has 5 rings (SSSR count). The number of ether oxygens (including phenoxy) is 1. The molecule has 1 heterocycles. The van der Waals surface area contributed by atoms with E-state index in [-0.39, 0.29) is 12.5 Å². The Morgan fingerprint density at radius 2 is 1.40 bits per heavy atom. The summed E-state index contributed by atoms with van der Waals surface area (Å²) < 4.78 is 44.9. The standard InChI is InChI=1S/C39H40F3N3O3/c1-2-48-35-20-15-33(16-21-35)29-45(37(46)22-17-30-13-18-34(19-14-30)39(40,41)42)36(27-31-9-5-3-6-10-31)38(47)44-25-23-43(24-26-44)28-32-11-7-4-8-12-32/h3-22,36H,2,23-29H2,1H3/b22-17+/t36-/m0/s1. The number of benzene rings is 4. The summed E-state index contributed by atoms with van der Waals surface area (Å²) in [6.07, 6.45) is -1.33. The lowest BCUT2D eigenvalue weighted by Gasteiger charge is -2.39. The Labute approximate surface area is 280 Å². The van der Waals surface area contributed by atoms with Crippen molar-refractivity contribution in [3.63, 3.8) is 0 Å². The number of amides is 2. The van der Waals surface area contributed by atoms with E-state index in [1.807, 2.05) is 84.6 Å². The lowest BCUT2D eigenvalue weighted by Crippen LogP contribution is -2.56. The molecule has 1 saturated heterocycles. The topological polar surface area (TPSA) is 53.1 Å². The maximum Gasteiger partial charge on any atom is 0.416 e. The lowest BCUT2D eigenvalue weighted by molar-refractivity contribution is -0.145. The van der Waals surface area contributed by atoms with Crippen LogP contribution in [0.4, 0.5) is 13.2 Å². The van der Waals surface area contributed by atoms with Gasteiger partial charge in [-0.2, -0.15) is 13.2 Å². The van der Waals surface area contributed by atoms with E-state index in [1.165, 1.54) is 29.8 Å². The molecule has 1 aliphatic rings. The van der Waals surface area contributed by atoms with Crippen molar-refractivity contribution in [2.24, 2.45) is 0 Å². The van der Waals surface area contributed by atoms with Crippen molar-refractivity contribution in [3.8, 4) is 5.75 Å². The van der Waals surface area contributed by atoms with E-state index in [0.29, 0.717) is 50.5 Å². The Morgan fingerprint density at radius 1 is 0.792 bits per heavy atom. The van der Waals surface area contributed by atoms with Crippen LogP contribution in [0, 0.1) is 0 Å². The average Bonchev–Trinajstić information content (AvgIpc) is 3.10. The van der Waals surface area contributed by atoms with E-state index in [0.717, 1.165) is 29.8 Å². The highest BCUT2D eigenvalue weighted by molar-refractivity contribution is 5.95. The number of halogens is 3. The second kappa shape index (κ2) is 16.3. The summed E-state index contributed by atoms with van der Waals surface area (Å²) in [4.78, 5) is 34.2. The van der Waals surface area contributed by atoms with E-state index >= 15 is 0 Å². The van der Waals surface area contributed by atoms with Gasteiger partial charge in [0.1, 0.15) is 11.8 Å². The fraction of sp³-hybridized carbons (Fsp3) is 0.282. The van der Waals surface area contributed by atoms with Gasteiger partial charge in [-0.25, -0.2) is 0 Å². The summed E-state index contributed by atoms with van der Waals surface area (Å²) >= 11 is 0. The van der Waals surface area contributed by atoms with E-state index in [4.69, 9.17) is 4.74 Å². The van der Waals surface area contributed by atoms with Crippen molar-refractivity contribution < 1.29 is 27.5 Å². The van der Waals surface area contributed by atoms with Crippen LogP contribution in [0.1, 0.15) is 34.7 Å². The van der Waals surface area contributed by atoms with E-state index in [9.17, 15) is 22.8 Å². The first kappa shape index (κ1) is 34.4. The van der Waals surface area contributed by atoms with Crippen LogP contribution >= 0.6 is 0 Å². The molecule has 6 nitrogen and oxygen atoms in total. The van der Waals surface area contributed by atoms with Crippen LogP contribution < -0.4 is 4.74 Å². The van der Waals surface area contributed by atoms with Gasteiger partial charge in [-0.3, -0.25) is 14.5 Å². The maximum absolute atomic E-state index is 14.4. The minimum absolute atomic E-state index is 0.138. The van der Waals surface area contributed by atoms with Crippen molar-refractivity contribution >= 4 is 17.9 Å². The second-order valence-corrected chi connectivity index (χ2v) is 11.8. The molecule has 1 atom stereocenters. The molecule has 0 spiro atoms. The fourth-order valence-electron chi connectivity index (χ4n) is 5.79. The van der Waals surface area contributed by atoms with Gasteiger partial charge in [0.2, 0.25) is 11.8 Å². The normalized spacial score (nSPS) is 14.5. The zero-order valence-electron chi connectivity index (χ0n) is 27.0. The monoisotopic (exact) mass is 655 g/mol. The molecule has 0 radical (unpaired) electrons. The van der Waals surface area contributed by atoms with E-state index in [1.54, 1.807) is 4.90 Å². The Bertz CT molecular complexity index is 1640. The number of carbonyl (C=O) groups is 2. The number of hydrogen-bond acceptors (Lipinski definition) is 4. The van der Waals surface area contributed by atoms with E-state index < -0.39 is 23.7 Å². The van der Waals surface area contributed by atoms with Crippen LogP contribution in [0.5, 0.6) is 5.75 Å². The molecule has 0 aromatic heterocycles. The summed E-state index contributed by atoms with van der Waals surface area (Å²) in [5.74, 6) is 0.146. The molecule has 0 N–H and O–H groups in total.